The van der Waals surface area contributed by atoms with Gasteiger partial charge in [0.25, 0.3) is 0 Å². The summed E-state index contributed by atoms with van der Waals surface area (Å²) in [4.78, 5) is 46.2. The zero-order valence-corrected chi connectivity index (χ0v) is 24.4. The van der Waals surface area contributed by atoms with Crippen molar-refractivity contribution in [3.63, 3.8) is 0 Å². The third kappa shape index (κ3) is 8.55. The number of carbonyl (C=O) groups is 3. The Bertz CT molecular complexity index is 1290. The Balaban J connectivity index is 1.60. The van der Waals surface area contributed by atoms with Crippen LogP contribution in [-0.2, 0) is 14.4 Å². The van der Waals surface area contributed by atoms with Gasteiger partial charge in [0, 0.05) is 30.8 Å². The van der Waals surface area contributed by atoms with Crippen LogP contribution in [0.1, 0.15) is 69.9 Å². The van der Waals surface area contributed by atoms with Crippen LogP contribution in [0.25, 0.3) is 0 Å². The van der Waals surface area contributed by atoms with E-state index >= 15 is 0 Å². The van der Waals surface area contributed by atoms with E-state index in [0.717, 1.165) is 25.7 Å². The Labute approximate surface area is 247 Å². The number of carbonyl (C=O) groups excluding carboxylic acids is 3. The molecule has 1 unspecified atom stereocenters. The Morgan fingerprint density at radius 1 is 0.929 bits per heavy atom. The van der Waals surface area contributed by atoms with Crippen molar-refractivity contribution < 1.29 is 23.9 Å². The van der Waals surface area contributed by atoms with Crippen molar-refractivity contribution in [1.82, 2.24) is 10.3 Å². The highest BCUT2D eigenvalue weighted by Gasteiger charge is 2.34. The van der Waals surface area contributed by atoms with Crippen LogP contribution < -0.4 is 25.0 Å². The number of aromatic nitrogens is 1. The lowest BCUT2D eigenvalue weighted by Gasteiger charge is -2.33. The summed E-state index contributed by atoms with van der Waals surface area (Å²) in [5, 5.41) is 5.98. The lowest BCUT2D eigenvalue weighted by atomic mass is 9.94. The van der Waals surface area contributed by atoms with Crippen molar-refractivity contribution in [3.05, 3.63) is 78.5 Å². The van der Waals surface area contributed by atoms with Crippen LogP contribution in [0.15, 0.2) is 72.9 Å². The molecule has 222 valence electrons. The summed E-state index contributed by atoms with van der Waals surface area (Å²) in [6.45, 7) is 2.43. The van der Waals surface area contributed by atoms with E-state index in [1.165, 1.54) is 6.42 Å². The van der Waals surface area contributed by atoms with Gasteiger partial charge in [0.15, 0.2) is 0 Å². The quantitative estimate of drug-likeness (QED) is 0.267. The number of hydrogen-bond acceptors (Lipinski definition) is 6. The topological polar surface area (TPSA) is 110 Å². The maximum Gasteiger partial charge on any atom is 0.248 e. The number of rotatable bonds is 13. The van der Waals surface area contributed by atoms with Gasteiger partial charge in [-0.1, -0.05) is 37.5 Å². The average Bonchev–Trinajstić information content (AvgIpc) is 3.01. The Kier molecular flexibility index (Phi) is 11.3. The summed E-state index contributed by atoms with van der Waals surface area (Å²) < 4.78 is 11.0. The van der Waals surface area contributed by atoms with Gasteiger partial charge in [0.05, 0.1) is 13.7 Å². The molecule has 9 nitrogen and oxygen atoms in total. The number of anilines is 2. The van der Waals surface area contributed by atoms with Crippen LogP contribution in [0.4, 0.5) is 11.5 Å². The number of hydrogen-bond donors (Lipinski definition) is 2. The van der Waals surface area contributed by atoms with Crippen molar-refractivity contribution in [2.75, 3.05) is 23.9 Å². The summed E-state index contributed by atoms with van der Waals surface area (Å²) in [6.07, 6.45) is 7.27. The second kappa shape index (κ2) is 15.6. The van der Waals surface area contributed by atoms with E-state index in [0.29, 0.717) is 41.6 Å². The first-order chi connectivity index (χ1) is 20.5. The molecule has 1 aliphatic rings. The van der Waals surface area contributed by atoms with Crippen LogP contribution >= 0.6 is 0 Å². The molecule has 0 bridgehead atoms. The largest absolute Gasteiger partial charge is 0.497 e. The molecule has 1 aromatic heterocycles. The van der Waals surface area contributed by atoms with Crippen LogP contribution in [-0.4, -0.2) is 42.5 Å². The fourth-order valence-electron chi connectivity index (χ4n) is 5.20. The van der Waals surface area contributed by atoms with E-state index in [1.807, 2.05) is 31.2 Å². The predicted molar refractivity (Wildman–Crippen MR) is 163 cm³/mol. The zero-order chi connectivity index (χ0) is 29.7. The second-order valence-electron chi connectivity index (χ2n) is 10.3. The molecular weight excluding hydrogens is 532 g/mol. The Morgan fingerprint density at radius 2 is 1.64 bits per heavy atom. The van der Waals surface area contributed by atoms with E-state index in [-0.39, 0.29) is 36.6 Å². The summed E-state index contributed by atoms with van der Waals surface area (Å²) in [6, 6.07) is 18.8. The van der Waals surface area contributed by atoms with Crippen molar-refractivity contribution in [2.45, 2.75) is 70.4 Å². The van der Waals surface area contributed by atoms with Gasteiger partial charge >= 0.3 is 0 Å². The fourth-order valence-corrected chi connectivity index (χ4v) is 5.20. The third-order valence-electron chi connectivity index (χ3n) is 7.31. The maximum absolute atomic E-state index is 14.0. The number of benzene rings is 2. The number of ether oxygens (including phenoxy) is 2. The highest BCUT2D eigenvalue weighted by molar-refractivity contribution is 6.01. The minimum atomic E-state index is -0.911. The van der Waals surface area contributed by atoms with Crippen LogP contribution in [0.3, 0.4) is 0 Å². The van der Waals surface area contributed by atoms with E-state index in [9.17, 15) is 14.4 Å². The van der Waals surface area contributed by atoms with Crippen LogP contribution in [0.2, 0.25) is 0 Å². The molecule has 3 aromatic rings. The predicted octanol–water partition coefficient (Wildman–Crippen LogP) is 5.82. The summed E-state index contributed by atoms with van der Waals surface area (Å²) in [5.41, 5.74) is 1.24. The summed E-state index contributed by atoms with van der Waals surface area (Å²) in [5.74, 6) is 1.07. The van der Waals surface area contributed by atoms with Gasteiger partial charge < -0.3 is 20.1 Å². The maximum atomic E-state index is 14.0. The van der Waals surface area contributed by atoms with Gasteiger partial charge in [-0.05, 0) is 80.3 Å². The van der Waals surface area contributed by atoms with Crippen LogP contribution in [0, 0.1) is 0 Å². The molecule has 42 heavy (non-hydrogen) atoms. The minimum Gasteiger partial charge on any atom is -0.497 e. The lowest BCUT2D eigenvalue weighted by molar-refractivity contribution is -0.127. The van der Waals surface area contributed by atoms with E-state index in [1.54, 1.807) is 60.7 Å². The van der Waals surface area contributed by atoms with Gasteiger partial charge in [-0.25, -0.2) is 4.98 Å². The molecule has 0 aliphatic heterocycles. The van der Waals surface area contributed by atoms with E-state index < -0.39 is 6.04 Å². The van der Waals surface area contributed by atoms with E-state index in [4.69, 9.17) is 9.47 Å². The first kappa shape index (κ1) is 30.6. The van der Waals surface area contributed by atoms with E-state index in [2.05, 4.69) is 15.6 Å². The highest BCUT2D eigenvalue weighted by atomic mass is 16.5. The van der Waals surface area contributed by atoms with Gasteiger partial charge in [-0.15, -0.1) is 0 Å². The molecule has 2 aromatic carbocycles. The molecule has 4 rings (SSSR count). The van der Waals surface area contributed by atoms with Crippen molar-refractivity contribution >= 4 is 29.2 Å². The molecule has 1 saturated carbocycles. The number of nitrogens with one attached hydrogen (secondary N) is 2. The number of nitrogens with zero attached hydrogens (tertiary/aromatic N) is 2. The summed E-state index contributed by atoms with van der Waals surface area (Å²) in [7, 11) is 1.58. The molecular formula is C33H40N4O5. The molecule has 1 heterocycles. The van der Waals surface area contributed by atoms with Gasteiger partial charge in [-0.2, -0.15) is 0 Å². The number of pyridine rings is 1. The number of amides is 3. The standard InChI is InChI=1S/C33H40N4O5/c1-3-42-28-19-15-24(16-20-28)32(33(40)35-25-10-5-4-6-11-25)37(26-17-21-27(41-2)22-18-26)31(39)14-9-13-30(38)36-29-12-7-8-23-34-29/h7-8,12,15-23,25,32H,3-6,9-11,13-14H2,1-2H3,(H,35,40)(H,34,36,38). The molecule has 0 spiro atoms. The monoisotopic (exact) mass is 572 g/mol. The number of methoxy groups -OCH3 is 1. The highest BCUT2D eigenvalue weighted by Crippen LogP contribution is 2.32. The lowest BCUT2D eigenvalue weighted by Crippen LogP contribution is -2.47. The molecule has 0 radical (unpaired) electrons. The molecule has 0 saturated heterocycles. The first-order valence-electron chi connectivity index (χ1n) is 14.7. The van der Waals surface area contributed by atoms with Gasteiger partial charge in [0.2, 0.25) is 17.7 Å². The molecule has 3 amide bonds. The first-order valence-corrected chi connectivity index (χ1v) is 14.7. The van der Waals surface area contributed by atoms with Crippen molar-refractivity contribution in [1.29, 1.82) is 0 Å². The normalized spacial score (nSPS) is 14.0. The smallest absolute Gasteiger partial charge is 0.248 e. The summed E-state index contributed by atoms with van der Waals surface area (Å²) >= 11 is 0. The van der Waals surface area contributed by atoms with Gasteiger partial charge in [0.1, 0.15) is 23.4 Å². The average molecular weight is 573 g/mol. The Morgan fingerprint density at radius 3 is 2.29 bits per heavy atom. The minimum absolute atomic E-state index is 0.0690. The second-order valence-corrected chi connectivity index (χ2v) is 10.3. The Hall–Kier alpha value is -4.40. The zero-order valence-electron chi connectivity index (χ0n) is 24.4. The third-order valence-corrected chi connectivity index (χ3v) is 7.31. The molecule has 1 fully saturated rings. The SMILES string of the molecule is CCOc1ccc(C(C(=O)NC2CCCCC2)N(C(=O)CCCC(=O)Nc2ccccn2)c2ccc(OC)cc2)cc1. The van der Waals surface area contributed by atoms with Crippen molar-refractivity contribution in [3.8, 4) is 11.5 Å². The van der Waals surface area contributed by atoms with Gasteiger partial charge in [-0.3, -0.25) is 19.3 Å². The fraction of sp³-hybridized carbons (Fsp3) is 0.394. The molecule has 1 atom stereocenters. The van der Waals surface area contributed by atoms with Crippen LogP contribution in [0.5, 0.6) is 11.5 Å². The molecule has 2 N–H and O–H groups in total. The van der Waals surface area contributed by atoms with Crippen molar-refractivity contribution in [2.24, 2.45) is 0 Å². The molecule has 9 heteroatoms. The molecule has 1 aliphatic carbocycles.